The summed E-state index contributed by atoms with van der Waals surface area (Å²) in [5.41, 5.74) is 1.62. The molecule has 1 aromatic carbocycles. The van der Waals surface area contributed by atoms with E-state index < -0.39 is 6.10 Å². The maximum Gasteiger partial charge on any atom is 0.123 e. The summed E-state index contributed by atoms with van der Waals surface area (Å²) in [4.78, 5) is 2.24. The van der Waals surface area contributed by atoms with E-state index in [2.05, 4.69) is 25.7 Å². The second-order valence-electron chi connectivity index (χ2n) is 5.10. The van der Waals surface area contributed by atoms with Crippen LogP contribution in [0.5, 0.6) is 0 Å². The fourth-order valence-corrected chi connectivity index (χ4v) is 2.40. The SMILES string of the molecule is CCC(CC)CN(CC)c1ccc(F)cc1C(C)O. The molecule has 0 aliphatic carbocycles. The molecule has 0 saturated carbocycles. The predicted molar refractivity (Wildman–Crippen MR) is 79.0 cm³/mol. The lowest BCUT2D eigenvalue weighted by Gasteiger charge is -2.30. The minimum Gasteiger partial charge on any atom is -0.389 e. The second-order valence-corrected chi connectivity index (χ2v) is 5.10. The Morgan fingerprint density at radius 1 is 1.21 bits per heavy atom. The molecule has 1 rings (SSSR count). The summed E-state index contributed by atoms with van der Waals surface area (Å²) in [5.74, 6) is 0.338. The fraction of sp³-hybridized carbons (Fsp3) is 0.625. The smallest absolute Gasteiger partial charge is 0.123 e. The highest BCUT2D eigenvalue weighted by atomic mass is 19.1. The van der Waals surface area contributed by atoms with Crippen molar-refractivity contribution in [3.8, 4) is 0 Å². The normalized spacial score (nSPS) is 12.8. The van der Waals surface area contributed by atoms with Crippen molar-refractivity contribution < 1.29 is 9.50 Å². The summed E-state index contributed by atoms with van der Waals surface area (Å²) >= 11 is 0. The molecule has 1 atom stereocenters. The Kier molecular flexibility index (Phi) is 6.29. The first kappa shape index (κ1) is 16.0. The Morgan fingerprint density at radius 2 is 1.84 bits per heavy atom. The van der Waals surface area contributed by atoms with Crippen molar-refractivity contribution in [1.82, 2.24) is 0 Å². The van der Waals surface area contributed by atoms with Gasteiger partial charge in [0.05, 0.1) is 6.10 Å². The van der Waals surface area contributed by atoms with E-state index in [9.17, 15) is 9.50 Å². The van der Waals surface area contributed by atoms with E-state index in [0.29, 0.717) is 11.5 Å². The van der Waals surface area contributed by atoms with E-state index in [-0.39, 0.29) is 5.82 Å². The Bertz CT molecular complexity index is 388. The molecular weight excluding hydrogens is 241 g/mol. The Balaban J connectivity index is 3.03. The van der Waals surface area contributed by atoms with Crippen molar-refractivity contribution >= 4 is 5.69 Å². The van der Waals surface area contributed by atoms with Crippen LogP contribution in [0.15, 0.2) is 18.2 Å². The quantitative estimate of drug-likeness (QED) is 0.802. The van der Waals surface area contributed by atoms with Crippen LogP contribution in [0, 0.1) is 11.7 Å². The van der Waals surface area contributed by atoms with Gasteiger partial charge in [-0.2, -0.15) is 0 Å². The summed E-state index contributed by atoms with van der Waals surface area (Å²) in [6.07, 6.45) is 1.62. The molecule has 0 spiro atoms. The monoisotopic (exact) mass is 267 g/mol. The van der Waals surface area contributed by atoms with Crippen molar-refractivity contribution in [2.75, 3.05) is 18.0 Å². The largest absolute Gasteiger partial charge is 0.389 e. The van der Waals surface area contributed by atoms with Crippen LogP contribution >= 0.6 is 0 Å². The van der Waals surface area contributed by atoms with Crippen molar-refractivity contribution in [1.29, 1.82) is 0 Å². The van der Waals surface area contributed by atoms with Crippen LogP contribution in [0.25, 0.3) is 0 Å². The van der Waals surface area contributed by atoms with Gasteiger partial charge < -0.3 is 10.0 Å². The van der Waals surface area contributed by atoms with Crippen LogP contribution in [-0.4, -0.2) is 18.2 Å². The Hall–Kier alpha value is -1.09. The van der Waals surface area contributed by atoms with Crippen molar-refractivity contribution in [2.45, 2.75) is 46.6 Å². The van der Waals surface area contributed by atoms with Crippen LogP contribution in [0.1, 0.15) is 52.2 Å². The van der Waals surface area contributed by atoms with E-state index in [1.165, 1.54) is 12.1 Å². The molecule has 3 heteroatoms. The number of hydrogen-bond donors (Lipinski definition) is 1. The molecule has 0 saturated heterocycles. The Labute approximate surface area is 116 Å². The molecule has 1 unspecified atom stereocenters. The average Bonchev–Trinajstić information content (AvgIpc) is 2.40. The third-order valence-corrected chi connectivity index (χ3v) is 3.80. The lowest BCUT2D eigenvalue weighted by atomic mass is 10.0. The van der Waals surface area contributed by atoms with Gasteiger partial charge in [0.2, 0.25) is 0 Å². The van der Waals surface area contributed by atoms with Gasteiger partial charge in [0.1, 0.15) is 5.82 Å². The van der Waals surface area contributed by atoms with Crippen molar-refractivity contribution in [2.24, 2.45) is 5.92 Å². The minimum atomic E-state index is -0.651. The van der Waals surface area contributed by atoms with Crippen LogP contribution < -0.4 is 4.90 Å². The molecule has 2 nitrogen and oxygen atoms in total. The summed E-state index contributed by atoms with van der Waals surface area (Å²) in [7, 11) is 0. The number of benzene rings is 1. The van der Waals surface area contributed by atoms with Crippen molar-refractivity contribution in [3.63, 3.8) is 0 Å². The number of nitrogens with zero attached hydrogens (tertiary/aromatic N) is 1. The lowest BCUT2D eigenvalue weighted by molar-refractivity contribution is 0.199. The number of hydrogen-bond acceptors (Lipinski definition) is 2. The lowest BCUT2D eigenvalue weighted by Crippen LogP contribution is -2.30. The zero-order valence-corrected chi connectivity index (χ0v) is 12.5. The summed E-state index contributed by atoms with van der Waals surface area (Å²) < 4.78 is 13.3. The van der Waals surface area contributed by atoms with Gasteiger partial charge in [0.25, 0.3) is 0 Å². The van der Waals surface area contributed by atoms with Crippen LogP contribution in [0.3, 0.4) is 0 Å². The van der Waals surface area contributed by atoms with Gasteiger partial charge in [0, 0.05) is 24.3 Å². The molecule has 0 fully saturated rings. The van der Waals surface area contributed by atoms with Crippen LogP contribution in [0.2, 0.25) is 0 Å². The van der Waals surface area contributed by atoms with E-state index in [1.807, 2.05) is 0 Å². The van der Waals surface area contributed by atoms with Gasteiger partial charge in [0.15, 0.2) is 0 Å². The first-order chi connectivity index (χ1) is 9.03. The van der Waals surface area contributed by atoms with E-state index >= 15 is 0 Å². The third kappa shape index (κ3) is 4.20. The van der Waals surface area contributed by atoms with Crippen molar-refractivity contribution in [3.05, 3.63) is 29.6 Å². The maximum atomic E-state index is 13.3. The number of rotatable bonds is 7. The zero-order chi connectivity index (χ0) is 14.4. The minimum absolute atomic E-state index is 0.293. The molecule has 0 amide bonds. The molecule has 0 aliphatic rings. The van der Waals surface area contributed by atoms with Gasteiger partial charge in [-0.25, -0.2) is 4.39 Å². The molecule has 19 heavy (non-hydrogen) atoms. The van der Waals surface area contributed by atoms with Gasteiger partial charge >= 0.3 is 0 Å². The topological polar surface area (TPSA) is 23.5 Å². The standard InChI is InChI=1S/C16H26FNO/c1-5-13(6-2)11-18(7-3)16-9-8-14(17)10-15(16)12(4)19/h8-10,12-13,19H,5-7,11H2,1-4H3. The third-order valence-electron chi connectivity index (χ3n) is 3.80. The molecule has 1 aromatic rings. The molecule has 0 heterocycles. The molecule has 0 radical (unpaired) electrons. The molecule has 0 aromatic heterocycles. The molecule has 0 bridgehead atoms. The highest BCUT2D eigenvalue weighted by molar-refractivity contribution is 5.54. The molecule has 108 valence electrons. The maximum absolute atomic E-state index is 13.3. The first-order valence-electron chi connectivity index (χ1n) is 7.25. The van der Waals surface area contributed by atoms with Crippen LogP contribution in [-0.2, 0) is 0 Å². The number of halogens is 1. The summed E-state index contributed by atoms with van der Waals surface area (Å²) in [5, 5.41) is 9.83. The zero-order valence-electron chi connectivity index (χ0n) is 12.5. The summed E-state index contributed by atoms with van der Waals surface area (Å²) in [6.45, 7) is 9.99. The average molecular weight is 267 g/mol. The summed E-state index contributed by atoms with van der Waals surface area (Å²) in [6, 6.07) is 4.69. The Morgan fingerprint density at radius 3 is 2.32 bits per heavy atom. The van der Waals surface area contributed by atoms with E-state index in [0.717, 1.165) is 31.6 Å². The fourth-order valence-electron chi connectivity index (χ4n) is 2.40. The number of aliphatic hydroxyl groups is 1. The number of anilines is 1. The molecule has 1 N–H and O–H groups in total. The van der Waals surface area contributed by atoms with Gasteiger partial charge in [-0.15, -0.1) is 0 Å². The number of aliphatic hydroxyl groups excluding tert-OH is 1. The highest BCUT2D eigenvalue weighted by Crippen LogP contribution is 2.28. The molecular formula is C16H26FNO. The first-order valence-corrected chi connectivity index (χ1v) is 7.25. The molecule has 0 aliphatic heterocycles. The highest BCUT2D eigenvalue weighted by Gasteiger charge is 2.16. The second kappa shape index (κ2) is 7.49. The van der Waals surface area contributed by atoms with E-state index in [4.69, 9.17) is 0 Å². The van der Waals surface area contributed by atoms with Gasteiger partial charge in [-0.05, 0) is 38.0 Å². The van der Waals surface area contributed by atoms with Gasteiger partial charge in [-0.3, -0.25) is 0 Å². The van der Waals surface area contributed by atoms with Gasteiger partial charge in [-0.1, -0.05) is 26.7 Å². The van der Waals surface area contributed by atoms with E-state index in [1.54, 1.807) is 13.0 Å². The van der Waals surface area contributed by atoms with Crippen LogP contribution in [0.4, 0.5) is 10.1 Å². The predicted octanol–water partition coefficient (Wildman–Crippen LogP) is 4.14.